The SMILES string of the molecule is CC(O/N=C(\C(=O)O)c1nc2ccccc2n([C@H]2C[C@H]3CCC[C@@H](C2)N3C2CC3CCCC(C3)C2)c1=O)C(N)=O. The molecule has 2 aliphatic heterocycles. The fourth-order valence-corrected chi connectivity index (χ4v) is 8.17. The van der Waals surface area contributed by atoms with Crippen LogP contribution >= 0.6 is 0 Å². The molecule has 1 aromatic heterocycles. The molecule has 40 heavy (non-hydrogen) atoms. The van der Waals surface area contributed by atoms with E-state index in [4.69, 9.17) is 10.6 Å². The highest BCUT2D eigenvalue weighted by Gasteiger charge is 2.45. The maximum Gasteiger partial charge on any atom is 0.360 e. The fraction of sp³-hybridized carbons (Fsp3) is 0.633. The second-order valence-corrected chi connectivity index (χ2v) is 12.4. The van der Waals surface area contributed by atoms with Crippen molar-refractivity contribution in [3.05, 3.63) is 40.3 Å². The molecule has 1 amide bonds. The number of nitrogens with two attached hydrogens (primary N) is 1. The molecule has 4 bridgehead atoms. The van der Waals surface area contributed by atoms with E-state index in [9.17, 15) is 19.5 Å². The third-order valence-corrected chi connectivity index (χ3v) is 9.82. The van der Waals surface area contributed by atoms with Gasteiger partial charge in [0.15, 0.2) is 5.69 Å². The summed E-state index contributed by atoms with van der Waals surface area (Å²) < 4.78 is 1.76. The van der Waals surface area contributed by atoms with E-state index >= 15 is 0 Å². The molecule has 2 aliphatic carbocycles. The van der Waals surface area contributed by atoms with E-state index in [1.807, 2.05) is 18.2 Å². The number of piperidine rings is 2. The van der Waals surface area contributed by atoms with E-state index in [1.54, 1.807) is 10.6 Å². The highest BCUT2D eigenvalue weighted by atomic mass is 16.6. The van der Waals surface area contributed by atoms with Crippen LogP contribution in [0.4, 0.5) is 0 Å². The third kappa shape index (κ3) is 5.02. The van der Waals surface area contributed by atoms with E-state index in [-0.39, 0.29) is 11.7 Å². The van der Waals surface area contributed by atoms with Gasteiger partial charge < -0.3 is 20.2 Å². The number of carboxylic acids is 1. The molecule has 2 saturated heterocycles. The Kier molecular flexibility index (Phi) is 7.37. The Morgan fingerprint density at radius 1 is 0.975 bits per heavy atom. The normalized spacial score (nSPS) is 31.5. The molecule has 214 valence electrons. The maximum absolute atomic E-state index is 14.0. The summed E-state index contributed by atoms with van der Waals surface area (Å²) in [6.07, 6.45) is 12.1. The second-order valence-electron chi connectivity index (χ2n) is 12.4. The van der Waals surface area contributed by atoms with Gasteiger partial charge in [0.1, 0.15) is 0 Å². The number of hydrogen-bond acceptors (Lipinski definition) is 7. The van der Waals surface area contributed by atoms with Gasteiger partial charge in [-0.25, -0.2) is 9.78 Å². The Balaban J connectivity index is 1.36. The topological polar surface area (TPSA) is 140 Å². The van der Waals surface area contributed by atoms with E-state index < -0.39 is 29.3 Å². The van der Waals surface area contributed by atoms with E-state index in [0.29, 0.717) is 29.2 Å². The van der Waals surface area contributed by atoms with Gasteiger partial charge in [0.2, 0.25) is 11.8 Å². The lowest BCUT2D eigenvalue weighted by molar-refractivity contribution is -0.131. The Labute approximate surface area is 233 Å². The Morgan fingerprint density at radius 3 is 2.27 bits per heavy atom. The summed E-state index contributed by atoms with van der Waals surface area (Å²) in [7, 11) is 0. The first kappa shape index (κ1) is 26.9. The van der Waals surface area contributed by atoms with Crippen molar-refractivity contribution in [1.82, 2.24) is 14.5 Å². The molecule has 4 fully saturated rings. The van der Waals surface area contributed by atoms with Crippen molar-refractivity contribution in [3.8, 4) is 0 Å². The van der Waals surface area contributed by atoms with Crippen LogP contribution in [0.2, 0.25) is 0 Å². The summed E-state index contributed by atoms with van der Waals surface area (Å²) in [6.45, 7) is 1.36. The Hall–Kier alpha value is -3.27. The van der Waals surface area contributed by atoms with Crippen molar-refractivity contribution >= 4 is 28.6 Å². The predicted octanol–water partition coefficient (Wildman–Crippen LogP) is 3.60. The van der Waals surface area contributed by atoms with Gasteiger partial charge in [-0.05, 0) is 75.8 Å². The Morgan fingerprint density at radius 2 is 1.62 bits per heavy atom. The van der Waals surface area contributed by atoms with Crippen LogP contribution in [0, 0.1) is 11.8 Å². The van der Waals surface area contributed by atoms with Crippen molar-refractivity contribution in [3.63, 3.8) is 0 Å². The van der Waals surface area contributed by atoms with Crippen molar-refractivity contribution < 1.29 is 19.5 Å². The largest absolute Gasteiger partial charge is 0.476 e. The van der Waals surface area contributed by atoms with Crippen LogP contribution in [0.5, 0.6) is 0 Å². The van der Waals surface area contributed by atoms with Crippen LogP contribution in [0.1, 0.15) is 89.3 Å². The third-order valence-electron chi connectivity index (χ3n) is 9.82. The smallest absolute Gasteiger partial charge is 0.360 e. The highest BCUT2D eigenvalue weighted by Crippen LogP contribution is 2.47. The number of amides is 1. The number of aromatic nitrogens is 2. The minimum atomic E-state index is -1.46. The van der Waals surface area contributed by atoms with Crippen LogP contribution in [0.3, 0.4) is 0 Å². The molecule has 3 unspecified atom stereocenters. The van der Waals surface area contributed by atoms with Crippen LogP contribution in [0.15, 0.2) is 34.2 Å². The zero-order valence-electron chi connectivity index (χ0n) is 23.1. The predicted molar refractivity (Wildman–Crippen MR) is 150 cm³/mol. The quantitative estimate of drug-likeness (QED) is 0.397. The molecule has 3 heterocycles. The average Bonchev–Trinajstić information content (AvgIpc) is 2.92. The Bertz CT molecular complexity index is 1360. The monoisotopic (exact) mass is 549 g/mol. The van der Waals surface area contributed by atoms with Crippen molar-refractivity contribution in [2.45, 2.75) is 108 Å². The molecule has 2 aromatic rings. The number of para-hydroxylation sites is 2. The van der Waals surface area contributed by atoms with Crippen LogP contribution in [-0.2, 0) is 14.4 Å². The number of fused-ring (bicyclic) bond motifs is 5. The summed E-state index contributed by atoms with van der Waals surface area (Å²) >= 11 is 0. The summed E-state index contributed by atoms with van der Waals surface area (Å²) in [5, 5.41) is 13.6. The van der Waals surface area contributed by atoms with Crippen molar-refractivity contribution in [2.75, 3.05) is 0 Å². The zero-order chi connectivity index (χ0) is 28.0. The van der Waals surface area contributed by atoms with Gasteiger partial charge in [-0.1, -0.05) is 43.0 Å². The summed E-state index contributed by atoms with van der Waals surface area (Å²) in [5.41, 5.74) is 5.01. The number of rotatable bonds is 7. The lowest BCUT2D eigenvalue weighted by Gasteiger charge is -2.55. The van der Waals surface area contributed by atoms with Crippen LogP contribution < -0.4 is 11.3 Å². The first-order chi connectivity index (χ1) is 19.3. The van der Waals surface area contributed by atoms with Gasteiger partial charge in [0.25, 0.3) is 11.5 Å². The van der Waals surface area contributed by atoms with E-state index in [2.05, 4.69) is 15.0 Å². The average molecular weight is 550 g/mol. The number of primary amides is 1. The number of carbonyl (C=O) groups excluding carboxylic acids is 1. The van der Waals surface area contributed by atoms with Gasteiger partial charge in [-0.15, -0.1) is 0 Å². The summed E-state index contributed by atoms with van der Waals surface area (Å²) in [4.78, 5) is 49.9. The van der Waals surface area contributed by atoms with E-state index in [0.717, 1.165) is 37.5 Å². The molecular formula is C30H39N5O5. The molecule has 2 saturated carbocycles. The molecule has 0 radical (unpaired) electrons. The molecular weight excluding hydrogens is 510 g/mol. The first-order valence-corrected chi connectivity index (χ1v) is 14.9. The first-order valence-electron chi connectivity index (χ1n) is 14.9. The molecule has 10 heteroatoms. The number of aliphatic carboxylic acids is 1. The number of carbonyl (C=O) groups is 2. The van der Waals surface area contributed by atoms with Crippen LogP contribution in [-0.4, -0.2) is 61.4 Å². The minimum Gasteiger partial charge on any atom is -0.476 e. The summed E-state index contributed by atoms with van der Waals surface area (Å²) in [5.74, 6) is -0.535. The number of benzene rings is 1. The molecule has 3 N–H and O–H groups in total. The molecule has 6 rings (SSSR count). The molecule has 6 atom stereocenters. The maximum atomic E-state index is 14.0. The highest BCUT2D eigenvalue weighted by molar-refractivity contribution is 6.41. The lowest BCUT2D eigenvalue weighted by Crippen LogP contribution is -2.58. The molecule has 10 nitrogen and oxygen atoms in total. The van der Waals surface area contributed by atoms with Crippen molar-refractivity contribution in [1.29, 1.82) is 0 Å². The number of oxime groups is 1. The van der Waals surface area contributed by atoms with Gasteiger partial charge in [0, 0.05) is 24.2 Å². The summed E-state index contributed by atoms with van der Waals surface area (Å²) in [6, 6.07) is 8.73. The second kappa shape index (κ2) is 11.0. The lowest BCUT2D eigenvalue weighted by atomic mass is 9.68. The fourth-order valence-electron chi connectivity index (χ4n) is 8.17. The molecule has 1 aromatic carbocycles. The van der Waals surface area contributed by atoms with Gasteiger partial charge in [-0.2, -0.15) is 0 Å². The number of nitrogens with zero attached hydrogens (tertiary/aromatic N) is 4. The van der Waals surface area contributed by atoms with E-state index in [1.165, 1.54) is 51.9 Å². The molecule has 0 spiro atoms. The molecule has 4 aliphatic rings. The van der Waals surface area contributed by atoms with Crippen LogP contribution in [0.25, 0.3) is 11.0 Å². The number of hydrogen-bond donors (Lipinski definition) is 2. The van der Waals surface area contributed by atoms with Gasteiger partial charge >= 0.3 is 5.97 Å². The van der Waals surface area contributed by atoms with Crippen molar-refractivity contribution in [2.24, 2.45) is 22.7 Å². The standard InChI is InChI=1S/C30H39N5O5/c1-17(28(31)36)40-33-27(30(38)39)26-29(37)35(25-11-3-2-10-24(25)32-26)23-15-20-8-5-9-21(16-23)34(20)22-13-18-6-4-7-19(12-18)14-22/h2-3,10-11,17-23H,4-9,12-16H2,1H3,(H2,31,36)(H,38,39)/b33-27-/t17?,18?,19?,20-,21+,22?,23+. The van der Waals surface area contributed by atoms with Gasteiger partial charge in [0.05, 0.1) is 11.0 Å². The zero-order valence-corrected chi connectivity index (χ0v) is 23.1. The minimum absolute atomic E-state index is 0.0747. The van der Waals surface area contributed by atoms with Gasteiger partial charge in [-0.3, -0.25) is 14.5 Å². The number of carboxylic acid groups (broad SMARTS) is 1.